The van der Waals surface area contributed by atoms with Crippen LogP contribution in [-0.2, 0) is 27.9 Å². The summed E-state index contributed by atoms with van der Waals surface area (Å²) in [4.78, 5) is 39.9. The Labute approximate surface area is 451 Å². The Morgan fingerprint density at radius 1 is 0.493 bits per heavy atom. The third-order valence-corrected chi connectivity index (χ3v) is 14.1. The van der Waals surface area contributed by atoms with Crippen LogP contribution < -0.4 is 10.2 Å². The normalized spacial score (nSPS) is 14.2. The van der Waals surface area contributed by atoms with Crippen LogP contribution in [0.3, 0.4) is 0 Å². The first-order chi connectivity index (χ1) is 35.4. The van der Waals surface area contributed by atoms with Crippen molar-refractivity contribution in [3.63, 3.8) is 0 Å². The third kappa shape index (κ3) is 54.1. The molecule has 3 unspecified atom stereocenters. The van der Waals surface area contributed by atoms with Crippen LogP contribution in [-0.4, -0.2) is 69.4 Å². The molecule has 0 radical (unpaired) electrons. The van der Waals surface area contributed by atoms with E-state index in [1.54, 1.807) is 0 Å². The molecular formula is C63H115N2O7P. The van der Waals surface area contributed by atoms with Crippen LogP contribution in [0, 0.1) is 0 Å². The van der Waals surface area contributed by atoms with Crippen LogP contribution in [0.25, 0.3) is 0 Å². The first kappa shape index (κ1) is 70.5. The predicted octanol–water partition coefficient (Wildman–Crippen LogP) is 17.8. The van der Waals surface area contributed by atoms with E-state index in [9.17, 15) is 19.0 Å². The number of phosphoric acid groups is 1. The largest absolute Gasteiger partial charge is 0.756 e. The van der Waals surface area contributed by atoms with Gasteiger partial charge in [0.05, 0.1) is 33.8 Å². The van der Waals surface area contributed by atoms with E-state index in [0.29, 0.717) is 17.4 Å². The van der Waals surface area contributed by atoms with E-state index in [4.69, 9.17) is 13.8 Å². The molecule has 73 heavy (non-hydrogen) atoms. The SMILES string of the molecule is CC/C=C\C/C=C\C/C=C\C/C=C\C/C=C\CCCCCCCCCC(=O)NC(COP(=O)([O-])OCC[N+](C)(C)C)C(/C=C/CCCCCCCCCCCCC)OC(=O)CCCCCCCCCCCCC. The number of nitrogens with one attached hydrogen (secondary N) is 1. The van der Waals surface area contributed by atoms with Gasteiger partial charge in [-0.2, -0.15) is 0 Å². The van der Waals surface area contributed by atoms with Gasteiger partial charge in [0.2, 0.25) is 5.91 Å². The molecule has 0 saturated heterocycles. The molecule has 9 nitrogen and oxygen atoms in total. The molecule has 0 aromatic rings. The summed E-state index contributed by atoms with van der Waals surface area (Å²) in [5.41, 5.74) is 0. The van der Waals surface area contributed by atoms with Crippen molar-refractivity contribution in [1.29, 1.82) is 0 Å². The third-order valence-electron chi connectivity index (χ3n) is 13.2. The van der Waals surface area contributed by atoms with E-state index >= 15 is 0 Å². The number of rotatable bonds is 54. The first-order valence-corrected chi connectivity index (χ1v) is 31.7. The summed E-state index contributed by atoms with van der Waals surface area (Å²) in [5, 5.41) is 3.02. The lowest BCUT2D eigenvalue weighted by Gasteiger charge is -2.30. The number of phosphoric ester groups is 1. The molecule has 1 N–H and O–H groups in total. The Hall–Kier alpha value is -2.55. The highest BCUT2D eigenvalue weighted by molar-refractivity contribution is 7.45. The van der Waals surface area contributed by atoms with Gasteiger partial charge in [-0.25, -0.2) is 0 Å². The van der Waals surface area contributed by atoms with Gasteiger partial charge in [0.15, 0.2) is 0 Å². The summed E-state index contributed by atoms with van der Waals surface area (Å²) in [6, 6.07) is -0.894. The summed E-state index contributed by atoms with van der Waals surface area (Å²) >= 11 is 0. The van der Waals surface area contributed by atoms with Gasteiger partial charge in [0, 0.05) is 12.8 Å². The van der Waals surface area contributed by atoms with E-state index in [-0.39, 0.29) is 24.9 Å². The summed E-state index contributed by atoms with van der Waals surface area (Å²) in [5.74, 6) is -0.551. The lowest BCUT2D eigenvalue weighted by Crippen LogP contribution is -2.47. The van der Waals surface area contributed by atoms with Gasteiger partial charge in [0.25, 0.3) is 7.82 Å². The van der Waals surface area contributed by atoms with Crippen molar-refractivity contribution in [3.05, 3.63) is 72.9 Å². The fraction of sp³-hybridized carbons (Fsp3) is 0.778. The van der Waals surface area contributed by atoms with Gasteiger partial charge in [-0.05, 0) is 76.7 Å². The molecule has 0 heterocycles. The van der Waals surface area contributed by atoms with Crippen LogP contribution in [0.5, 0.6) is 0 Å². The number of unbranched alkanes of at least 4 members (excludes halogenated alkanes) is 28. The molecule has 10 heteroatoms. The van der Waals surface area contributed by atoms with E-state index in [0.717, 1.165) is 103 Å². The molecule has 0 aromatic carbocycles. The summed E-state index contributed by atoms with van der Waals surface area (Å²) in [7, 11) is 1.17. The second-order valence-electron chi connectivity index (χ2n) is 21.5. The molecule has 0 rings (SSSR count). The summed E-state index contributed by atoms with van der Waals surface area (Å²) in [6.45, 7) is 6.72. The molecule has 0 fully saturated rings. The van der Waals surface area contributed by atoms with Crippen LogP contribution >= 0.6 is 7.82 Å². The highest BCUT2D eigenvalue weighted by atomic mass is 31.2. The van der Waals surface area contributed by atoms with Crippen LogP contribution in [0.2, 0.25) is 0 Å². The van der Waals surface area contributed by atoms with Gasteiger partial charge in [0.1, 0.15) is 19.3 Å². The number of hydrogen-bond acceptors (Lipinski definition) is 7. The van der Waals surface area contributed by atoms with Crippen molar-refractivity contribution >= 4 is 19.7 Å². The summed E-state index contributed by atoms with van der Waals surface area (Å²) in [6.07, 6.45) is 67.2. The standard InChI is InChI=1S/C63H115N2O7P/c1-7-10-13-16-19-22-25-27-28-29-30-31-32-33-34-35-36-38-41-43-46-49-52-55-62(66)64-60(59-71-73(68,69)70-58-57-65(4,5)6)61(54-51-48-45-42-40-37-26-23-20-17-14-11-8-2)72-63(67)56-53-50-47-44-39-24-21-18-15-12-9-3/h10,13,19,22,27-28,30-31,33-34,51,54,60-61H,7-9,11-12,14-18,20-21,23-26,29,32,35-50,52-53,55-59H2,1-6H3,(H-,64,66,68,69)/b13-10-,22-19-,28-27-,31-30-,34-33-,54-51+. The highest BCUT2D eigenvalue weighted by Crippen LogP contribution is 2.38. The number of quaternary nitrogens is 1. The predicted molar refractivity (Wildman–Crippen MR) is 312 cm³/mol. The Morgan fingerprint density at radius 2 is 0.877 bits per heavy atom. The van der Waals surface area contributed by atoms with Crippen molar-refractivity contribution in [2.24, 2.45) is 0 Å². The zero-order valence-corrected chi connectivity index (χ0v) is 49.2. The Kier molecular flexibility index (Phi) is 51.0. The number of hydrogen-bond donors (Lipinski definition) is 1. The van der Waals surface area contributed by atoms with Gasteiger partial charge < -0.3 is 28.5 Å². The molecule has 3 atom stereocenters. The van der Waals surface area contributed by atoms with E-state index < -0.39 is 26.6 Å². The Morgan fingerprint density at radius 3 is 1.32 bits per heavy atom. The first-order valence-electron chi connectivity index (χ1n) is 30.2. The number of amides is 1. The number of carbonyl (C=O) groups is 2. The van der Waals surface area contributed by atoms with Crippen LogP contribution in [0.15, 0.2) is 72.9 Å². The smallest absolute Gasteiger partial charge is 0.306 e. The van der Waals surface area contributed by atoms with Crippen LogP contribution in [0.1, 0.15) is 265 Å². The zero-order valence-electron chi connectivity index (χ0n) is 48.3. The van der Waals surface area contributed by atoms with Crippen molar-refractivity contribution in [3.8, 4) is 0 Å². The summed E-state index contributed by atoms with van der Waals surface area (Å²) < 4.78 is 30.3. The second-order valence-corrected chi connectivity index (χ2v) is 22.9. The molecule has 424 valence electrons. The fourth-order valence-corrected chi connectivity index (χ4v) is 9.21. The number of ether oxygens (including phenoxy) is 1. The molecular weight excluding hydrogens is 928 g/mol. The van der Waals surface area contributed by atoms with Crippen molar-refractivity contribution in [2.75, 3.05) is 40.9 Å². The molecule has 0 saturated carbocycles. The molecule has 0 bridgehead atoms. The van der Waals surface area contributed by atoms with E-state index in [1.807, 2.05) is 33.3 Å². The lowest BCUT2D eigenvalue weighted by atomic mass is 10.0. The number of allylic oxidation sites excluding steroid dienone is 11. The van der Waals surface area contributed by atoms with Crippen molar-refractivity contribution in [2.45, 2.75) is 277 Å². The lowest BCUT2D eigenvalue weighted by molar-refractivity contribution is -0.870. The van der Waals surface area contributed by atoms with Crippen molar-refractivity contribution in [1.82, 2.24) is 5.32 Å². The molecule has 0 aliphatic heterocycles. The monoisotopic (exact) mass is 1040 g/mol. The maximum Gasteiger partial charge on any atom is 0.306 e. The molecule has 0 aromatic heterocycles. The molecule has 0 spiro atoms. The van der Waals surface area contributed by atoms with Gasteiger partial charge in [-0.15, -0.1) is 0 Å². The van der Waals surface area contributed by atoms with E-state index in [1.165, 1.54) is 128 Å². The molecule has 0 aliphatic rings. The quantitative estimate of drug-likeness (QED) is 0.0212. The van der Waals surface area contributed by atoms with Gasteiger partial charge in [-0.3, -0.25) is 14.2 Å². The molecule has 1 amide bonds. The maximum atomic E-state index is 13.5. The average molecular weight is 1040 g/mol. The van der Waals surface area contributed by atoms with Crippen LogP contribution in [0.4, 0.5) is 0 Å². The topological polar surface area (TPSA) is 114 Å². The Balaban J connectivity index is 5.23. The second kappa shape index (κ2) is 52.9. The van der Waals surface area contributed by atoms with Crippen molar-refractivity contribution < 1.29 is 37.3 Å². The minimum atomic E-state index is -4.70. The zero-order chi connectivity index (χ0) is 53.6. The Bertz CT molecular complexity index is 1480. The number of nitrogens with zero attached hydrogens (tertiary/aromatic N) is 1. The van der Waals surface area contributed by atoms with Gasteiger partial charge >= 0.3 is 5.97 Å². The minimum absolute atomic E-state index is 0.0260. The number of carbonyl (C=O) groups excluding carboxylic acids is 2. The molecule has 0 aliphatic carbocycles. The van der Waals surface area contributed by atoms with E-state index in [2.05, 4.69) is 86.8 Å². The maximum absolute atomic E-state index is 13.5. The number of esters is 1. The highest BCUT2D eigenvalue weighted by Gasteiger charge is 2.27. The average Bonchev–Trinajstić information content (AvgIpc) is 3.35. The minimum Gasteiger partial charge on any atom is -0.756 e. The fourth-order valence-electron chi connectivity index (χ4n) is 8.49. The number of likely N-dealkylation sites (N-methyl/N-ethyl adjacent to an activating group) is 1. The van der Waals surface area contributed by atoms with Gasteiger partial charge in [-0.1, -0.05) is 248 Å².